The lowest BCUT2D eigenvalue weighted by atomic mass is 10.1. The average Bonchev–Trinajstić information content (AvgIpc) is 2.70. The zero-order chi connectivity index (χ0) is 20.1. The van der Waals surface area contributed by atoms with Gasteiger partial charge in [-0.1, -0.05) is 12.1 Å². The molecule has 28 heavy (non-hydrogen) atoms. The second-order valence-corrected chi connectivity index (χ2v) is 6.02. The number of hydrogen-bond donors (Lipinski definition) is 1. The van der Waals surface area contributed by atoms with Gasteiger partial charge in [-0.15, -0.1) is 0 Å². The Morgan fingerprint density at radius 1 is 1.14 bits per heavy atom. The number of hydrogen-bond acceptors (Lipinski definition) is 6. The van der Waals surface area contributed by atoms with Gasteiger partial charge < -0.3 is 14.8 Å². The topological polar surface area (TPSA) is 104 Å². The molecule has 0 saturated heterocycles. The Labute approximate surface area is 161 Å². The zero-order valence-corrected chi connectivity index (χ0v) is 15.5. The first-order chi connectivity index (χ1) is 13.5. The number of amides is 1. The first-order valence-electron chi connectivity index (χ1n) is 8.59. The van der Waals surface area contributed by atoms with Crippen LogP contribution in [0, 0.1) is 17.0 Å². The highest BCUT2D eigenvalue weighted by Gasteiger charge is 2.18. The summed E-state index contributed by atoms with van der Waals surface area (Å²) in [5, 5.41) is 14.8. The van der Waals surface area contributed by atoms with Gasteiger partial charge in [-0.2, -0.15) is 0 Å². The maximum absolute atomic E-state index is 12.6. The Morgan fingerprint density at radius 3 is 2.54 bits per heavy atom. The minimum atomic E-state index is -0.466. The molecular formula is C20H19N3O5. The van der Waals surface area contributed by atoms with E-state index >= 15 is 0 Å². The monoisotopic (exact) mass is 381 g/mol. The minimum absolute atomic E-state index is 0.0557. The fourth-order valence-electron chi connectivity index (χ4n) is 2.81. The lowest BCUT2D eigenvalue weighted by molar-refractivity contribution is -0.383. The molecular weight excluding hydrogens is 362 g/mol. The summed E-state index contributed by atoms with van der Waals surface area (Å²) in [4.78, 5) is 27.6. The number of non-ortho nitro benzene ring substituents is 1. The molecule has 0 unspecified atom stereocenters. The van der Waals surface area contributed by atoms with Crippen LogP contribution in [-0.2, 0) is 0 Å². The van der Waals surface area contributed by atoms with Crippen molar-refractivity contribution < 1.29 is 19.2 Å². The quantitative estimate of drug-likeness (QED) is 0.383. The Kier molecular flexibility index (Phi) is 5.69. The van der Waals surface area contributed by atoms with Crippen molar-refractivity contribution in [2.24, 2.45) is 0 Å². The number of nitrogens with zero attached hydrogens (tertiary/aromatic N) is 2. The summed E-state index contributed by atoms with van der Waals surface area (Å²) < 4.78 is 10.7. The van der Waals surface area contributed by atoms with E-state index in [1.54, 1.807) is 56.5 Å². The largest absolute Gasteiger partial charge is 0.497 e. The molecule has 3 aromatic rings. The maximum Gasteiger partial charge on any atom is 0.277 e. The molecule has 3 rings (SSSR count). The van der Waals surface area contributed by atoms with E-state index in [-0.39, 0.29) is 24.5 Å². The summed E-state index contributed by atoms with van der Waals surface area (Å²) in [5.74, 6) is 0.976. The lowest BCUT2D eigenvalue weighted by Crippen LogP contribution is -2.29. The van der Waals surface area contributed by atoms with Crippen LogP contribution in [0.3, 0.4) is 0 Å². The average molecular weight is 381 g/mol. The number of nitrogens with one attached hydrogen (secondary N) is 1. The van der Waals surface area contributed by atoms with Gasteiger partial charge in [0.15, 0.2) is 0 Å². The maximum atomic E-state index is 12.6. The highest BCUT2D eigenvalue weighted by molar-refractivity contribution is 6.07. The van der Waals surface area contributed by atoms with Crippen LogP contribution in [0.1, 0.15) is 16.2 Å². The Hall–Kier alpha value is -3.68. The second-order valence-electron chi connectivity index (χ2n) is 6.02. The summed E-state index contributed by atoms with van der Waals surface area (Å²) in [5.41, 5.74) is 0.629. The van der Waals surface area contributed by atoms with Crippen LogP contribution in [0.4, 0.5) is 5.69 Å². The van der Waals surface area contributed by atoms with Crippen LogP contribution < -0.4 is 14.8 Å². The van der Waals surface area contributed by atoms with Crippen molar-refractivity contribution in [3.63, 3.8) is 0 Å². The predicted molar refractivity (Wildman–Crippen MR) is 104 cm³/mol. The van der Waals surface area contributed by atoms with E-state index in [1.165, 1.54) is 6.07 Å². The third-order valence-electron chi connectivity index (χ3n) is 4.11. The molecule has 0 aliphatic rings. The van der Waals surface area contributed by atoms with Gasteiger partial charge in [-0.3, -0.25) is 14.9 Å². The number of fused-ring (bicyclic) bond motifs is 1. The van der Waals surface area contributed by atoms with Crippen molar-refractivity contribution >= 4 is 22.4 Å². The molecule has 1 amide bonds. The van der Waals surface area contributed by atoms with E-state index in [2.05, 4.69) is 10.3 Å². The number of ether oxygens (including phenoxy) is 2. The van der Waals surface area contributed by atoms with Gasteiger partial charge in [0.2, 0.25) is 0 Å². The molecule has 2 aromatic carbocycles. The zero-order valence-electron chi connectivity index (χ0n) is 15.5. The number of nitro groups is 1. The van der Waals surface area contributed by atoms with Gasteiger partial charge in [-0.05, 0) is 37.3 Å². The molecule has 0 bridgehead atoms. The Morgan fingerprint density at radius 2 is 1.86 bits per heavy atom. The van der Waals surface area contributed by atoms with Crippen molar-refractivity contribution in [2.45, 2.75) is 6.92 Å². The summed E-state index contributed by atoms with van der Waals surface area (Å²) >= 11 is 0. The Balaban J connectivity index is 1.69. The van der Waals surface area contributed by atoms with Crippen LogP contribution in [0.25, 0.3) is 10.8 Å². The highest BCUT2D eigenvalue weighted by Crippen LogP contribution is 2.27. The number of aromatic nitrogens is 1. The van der Waals surface area contributed by atoms with Crippen molar-refractivity contribution in [3.8, 4) is 11.5 Å². The highest BCUT2D eigenvalue weighted by atomic mass is 16.6. The fourth-order valence-corrected chi connectivity index (χ4v) is 2.81. The van der Waals surface area contributed by atoms with Crippen molar-refractivity contribution in [1.82, 2.24) is 10.3 Å². The lowest BCUT2D eigenvalue weighted by Gasteiger charge is -2.10. The van der Waals surface area contributed by atoms with Gasteiger partial charge in [0, 0.05) is 17.1 Å². The molecule has 0 spiro atoms. The molecule has 8 nitrogen and oxygen atoms in total. The van der Waals surface area contributed by atoms with E-state index in [0.29, 0.717) is 22.2 Å². The number of benzene rings is 2. The normalized spacial score (nSPS) is 10.5. The summed E-state index contributed by atoms with van der Waals surface area (Å²) in [6, 6.07) is 13.3. The van der Waals surface area contributed by atoms with E-state index in [1.807, 2.05) is 0 Å². The number of carbonyl (C=O) groups is 1. The van der Waals surface area contributed by atoms with E-state index in [9.17, 15) is 14.9 Å². The minimum Gasteiger partial charge on any atom is -0.497 e. The third-order valence-corrected chi connectivity index (χ3v) is 4.11. The summed E-state index contributed by atoms with van der Waals surface area (Å²) in [7, 11) is 1.59. The molecule has 0 fully saturated rings. The van der Waals surface area contributed by atoms with E-state index in [0.717, 1.165) is 5.75 Å². The smallest absolute Gasteiger partial charge is 0.277 e. The number of aryl methyl sites for hydroxylation is 1. The van der Waals surface area contributed by atoms with Crippen LogP contribution in [0.5, 0.6) is 11.5 Å². The molecule has 1 aromatic heterocycles. The molecule has 0 saturated carbocycles. The molecule has 1 N–H and O–H groups in total. The van der Waals surface area contributed by atoms with Crippen LogP contribution in [0.15, 0.2) is 48.5 Å². The molecule has 0 aliphatic carbocycles. The van der Waals surface area contributed by atoms with Gasteiger partial charge in [-0.25, -0.2) is 4.98 Å². The summed E-state index contributed by atoms with van der Waals surface area (Å²) in [6.45, 7) is 2.22. The van der Waals surface area contributed by atoms with Gasteiger partial charge in [0.05, 0.1) is 24.0 Å². The third kappa shape index (κ3) is 4.17. The summed E-state index contributed by atoms with van der Waals surface area (Å²) in [6.07, 6.45) is 0. The molecule has 0 radical (unpaired) electrons. The van der Waals surface area contributed by atoms with Gasteiger partial charge in [0.1, 0.15) is 23.8 Å². The van der Waals surface area contributed by atoms with Crippen molar-refractivity contribution in [1.29, 1.82) is 0 Å². The number of pyridine rings is 1. The second kappa shape index (κ2) is 8.34. The van der Waals surface area contributed by atoms with Gasteiger partial charge in [0.25, 0.3) is 11.6 Å². The first-order valence-corrected chi connectivity index (χ1v) is 8.59. The molecule has 8 heteroatoms. The van der Waals surface area contributed by atoms with Gasteiger partial charge >= 0.3 is 0 Å². The number of carbonyl (C=O) groups excluding carboxylic acids is 1. The number of nitro benzene ring substituents is 1. The standard InChI is InChI=1S/C20H19N3O5/c1-13-12-17-16(4-3-5-18(17)23(25)26)19(22-13)20(24)21-10-11-28-15-8-6-14(27-2)7-9-15/h3-9,12H,10-11H2,1-2H3,(H,21,24). The molecule has 0 atom stereocenters. The molecule has 0 aliphatic heterocycles. The number of rotatable bonds is 7. The van der Waals surface area contributed by atoms with Crippen molar-refractivity contribution in [3.05, 3.63) is 70.0 Å². The first kappa shape index (κ1) is 19.1. The SMILES string of the molecule is COc1ccc(OCCNC(=O)c2nc(C)cc3c([N+](=O)[O-])cccc23)cc1. The Bertz CT molecular complexity index is 1020. The van der Waals surface area contributed by atoms with E-state index in [4.69, 9.17) is 9.47 Å². The molecule has 1 heterocycles. The van der Waals surface area contributed by atoms with E-state index < -0.39 is 10.8 Å². The van der Waals surface area contributed by atoms with Crippen molar-refractivity contribution in [2.75, 3.05) is 20.3 Å². The molecule has 144 valence electrons. The van der Waals surface area contributed by atoms with Crippen LogP contribution >= 0.6 is 0 Å². The number of methoxy groups -OCH3 is 1. The van der Waals surface area contributed by atoms with Crippen LogP contribution in [-0.4, -0.2) is 36.1 Å². The fraction of sp³-hybridized carbons (Fsp3) is 0.200. The predicted octanol–water partition coefficient (Wildman–Crippen LogP) is 3.27. The van der Waals surface area contributed by atoms with Crippen LogP contribution in [0.2, 0.25) is 0 Å².